The maximum absolute atomic E-state index is 4.02. The zero-order chi connectivity index (χ0) is 10.6. The molecule has 0 saturated heterocycles. The molecule has 0 spiro atoms. The molecular formula is C14H26. The quantitative estimate of drug-likeness (QED) is 0.329. The summed E-state index contributed by atoms with van der Waals surface area (Å²) in [7, 11) is 0. The third-order valence-electron chi connectivity index (χ3n) is 2.57. The fourth-order valence-electron chi connectivity index (χ4n) is 1.64. The minimum Gasteiger partial charge on any atom is -0.103 e. The van der Waals surface area contributed by atoms with Gasteiger partial charge in [-0.1, -0.05) is 63.7 Å². The fraction of sp³-hybridized carbons (Fsp3) is 0.714. The maximum Gasteiger partial charge on any atom is -0.0144 e. The third kappa shape index (κ3) is 9.57. The molecule has 0 aliphatic carbocycles. The van der Waals surface area contributed by atoms with E-state index in [0.717, 1.165) is 6.42 Å². The lowest BCUT2D eigenvalue weighted by Crippen LogP contribution is -1.83. The van der Waals surface area contributed by atoms with Crippen LogP contribution in [0.3, 0.4) is 0 Å². The molecule has 0 aromatic heterocycles. The standard InChI is InChI=1S/C14H26/c1-4-6-7-8-9-10-11-13-14(3)12-5-2/h5H,2-4,6-13H2,1H3. The number of rotatable bonds is 10. The van der Waals surface area contributed by atoms with Gasteiger partial charge in [0.1, 0.15) is 0 Å². The van der Waals surface area contributed by atoms with E-state index in [9.17, 15) is 0 Å². The van der Waals surface area contributed by atoms with Crippen molar-refractivity contribution in [3.05, 3.63) is 24.8 Å². The molecule has 14 heavy (non-hydrogen) atoms. The summed E-state index contributed by atoms with van der Waals surface area (Å²) < 4.78 is 0. The number of hydrogen-bond acceptors (Lipinski definition) is 0. The number of hydrogen-bond donors (Lipinski definition) is 0. The van der Waals surface area contributed by atoms with Gasteiger partial charge in [-0.15, -0.1) is 6.58 Å². The fourth-order valence-corrected chi connectivity index (χ4v) is 1.64. The minimum atomic E-state index is 0.996. The molecular weight excluding hydrogens is 168 g/mol. The van der Waals surface area contributed by atoms with Crippen LogP contribution in [-0.4, -0.2) is 0 Å². The van der Waals surface area contributed by atoms with Crippen molar-refractivity contribution >= 4 is 0 Å². The van der Waals surface area contributed by atoms with Crippen molar-refractivity contribution in [3.8, 4) is 0 Å². The van der Waals surface area contributed by atoms with Crippen molar-refractivity contribution in [2.24, 2.45) is 0 Å². The minimum absolute atomic E-state index is 0.996. The van der Waals surface area contributed by atoms with E-state index in [2.05, 4.69) is 20.1 Å². The van der Waals surface area contributed by atoms with Crippen LogP contribution in [0.4, 0.5) is 0 Å². The first-order chi connectivity index (χ1) is 6.81. The zero-order valence-electron chi connectivity index (χ0n) is 9.86. The lowest BCUT2D eigenvalue weighted by Gasteiger charge is -2.02. The van der Waals surface area contributed by atoms with Crippen LogP contribution < -0.4 is 0 Å². The highest BCUT2D eigenvalue weighted by Gasteiger charge is 1.93. The van der Waals surface area contributed by atoms with Crippen LogP contribution in [0.5, 0.6) is 0 Å². The van der Waals surface area contributed by atoms with Gasteiger partial charge >= 0.3 is 0 Å². The Kier molecular flexibility index (Phi) is 10.2. The molecule has 0 radical (unpaired) electrons. The van der Waals surface area contributed by atoms with E-state index >= 15 is 0 Å². The third-order valence-corrected chi connectivity index (χ3v) is 2.57. The van der Waals surface area contributed by atoms with E-state index in [1.54, 1.807) is 0 Å². The smallest absolute Gasteiger partial charge is 0.0144 e. The molecule has 0 heterocycles. The molecule has 0 rings (SSSR count). The van der Waals surface area contributed by atoms with Crippen molar-refractivity contribution in [2.75, 3.05) is 0 Å². The Bertz CT molecular complexity index is 144. The highest BCUT2D eigenvalue weighted by molar-refractivity contribution is 4.99. The Morgan fingerprint density at radius 2 is 1.57 bits per heavy atom. The Morgan fingerprint density at radius 3 is 2.14 bits per heavy atom. The highest BCUT2D eigenvalue weighted by Crippen LogP contribution is 2.13. The van der Waals surface area contributed by atoms with E-state index in [0.29, 0.717) is 0 Å². The molecule has 0 atom stereocenters. The summed E-state index contributed by atoms with van der Waals surface area (Å²) in [5.41, 5.74) is 1.34. The second-order valence-electron chi connectivity index (χ2n) is 4.11. The van der Waals surface area contributed by atoms with Crippen molar-refractivity contribution in [1.29, 1.82) is 0 Å². The first-order valence-electron chi connectivity index (χ1n) is 6.08. The summed E-state index contributed by atoms with van der Waals surface area (Å²) in [6.07, 6.45) is 13.8. The summed E-state index contributed by atoms with van der Waals surface area (Å²) >= 11 is 0. The Balaban J connectivity index is 3.05. The molecule has 0 N–H and O–H groups in total. The van der Waals surface area contributed by atoms with Crippen LogP contribution >= 0.6 is 0 Å². The van der Waals surface area contributed by atoms with Crippen LogP contribution in [0.1, 0.15) is 64.7 Å². The molecule has 0 nitrogen and oxygen atoms in total. The monoisotopic (exact) mass is 194 g/mol. The topological polar surface area (TPSA) is 0 Å². The summed E-state index contributed by atoms with van der Waals surface area (Å²) in [6.45, 7) is 10.0. The van der Waals surface area contributed by atoms with E-state index in [1.165, 1.54) is 56.9 Å². The van der Waals surface area contributed by atoms with Gasteiger partial charge in [0.15, 0.2) is 0 Å². The average molecular weight is 194 g/mol. The molecule has 0 aromatic carbocycles. The first-order valence-corrected chi connectivity index (χ1v) is 6.08. The zero-order valence-corrected chi connectivity index (χ0v) is 9.86. The number of allylic oxidation sites excluding steroid dienone is 2. The largest absolute Gasteiger partial charge is 0.103 e. The first kappa shape index (κ1) is 13.5. The van der Waals surface area contributed by atoms with Crippen LogP contribution in [-0.2, 0) is 0 Å². The van der Waals surface area contributed by atoms with E-state index in [1.807, 2.05) is 6.08 Å². The normalized spacial score (nSPS) is 10.1. The molecule has 82 valence electrons. The average Bonchev–Trinajstić information content (AvgIpc) is 2.17. The van der Waals surface area contributed by atoms with Crippen LogP contribution in [0.15, 0.2) is 24.8 Å². The summed E-state index contributed by atoms with van der Waals surface area (Å²) in [5, 5.41) is 0. The molecule has 0 fully saturated rings. The Morgan fingerprint density at radius 1 is 1.00 bits per heavy atom. The Hall–Kier alpha value is -0.520. The molecule has 0 bridgehead atoms. The van der Waals surface area contributed by atoms with Gasteiger partial charge in [0.2, 0.25) is 0 Å². The van der Waals surface area contributed by atoms with Gasteiger partial charge < -0.3 is 0 Å². The van der Waals surface area contributed by atoms with Crippen LogP contribution in [0.25, 0.3) is 0 Å². The van der Waals surface area contributed by atoms with Crippen molar-refractivity contribution < 1.29 is 0 Å². The lowest BCUT2D eigenvalue weighted by atomic mass is 10.0. The highest BCUT2D eigenvalue weighted by atomic mass is 14.0. The molecule has 0 saturated carbocycles. The molecule has 0 aliphatic heterocycles. The van der Waals surface area contributed by atoms with E-state index < -0.39 is 0 Å². The maximum atomic E-state index is 4.02. The van der Waals surface area contributed by atoms with Gasteiger partial charge in [0.25, 0.3) is 0 Å². The SMILES string of the molecule is C=CCC(=C)CCCCCCCCC. The summed E-state index contributed by atoms with van der Waals surface area (Å²) in [5.74, 6) is 0. The van der Waals surface area contributed by atoms with Gasteiger partial charge in [-0.2, -0.15) is 0 Å². The number of unbranched alkanes of at least 4 members (excludes halogenated alkanes) is 6. The van der Waals surface area contributed by atoms with Crippen molar-refractivity contribution in [3.63, 3.8) is 0 Å². The lowest BCUT2D eigenvalue weighted by molar-refractivity contribution is 0.587. The van der Waals surface area contributed by atoms with Crippen LogP contribution in [0, 0.1) is 0 Å². The molecule has 0 aromatic rings. The van der Waals surface area contributed by atoms with Gasteiger partial charge in [0, 0.05) is 0 Å². The second kappa shape index (κ2) is 10.6. The van der Waals surface area contributed by atoms with Gasteiger partial charge in [0.05, 0.1) is 0 Å². The predicted molar refractivity (Wildman–Crippen MR) is 66.6 cm³/mol. The molecule has 0 heteroatoms. The summed E-state index contributed by atoms with van der Waals surface area (Å²) in [4.78, 5) is 0. The van der Waals surface area contributed by atoms with Crippen molar-refractivity contribution in [1.82, 2.24) is 0 Å². The second-order valence-corrected chi connectivity index (χ2v) is 4.11. The van der Waals surface area contributed by atoms with Gasteiger partial charge in [-0.3, -0.25) is 0 Å². The van der Waals surface area contributed by atoms with Crippen molar-refractivity contribution in [2.45, 2.75) is 64.7 Å². The predicted octanol–water partition coefficient (Wildman–Crippen LogP) is 5.26. The van der Waals surface area contributed by atoms with Crippen LogP contribution in [0.2, 0.25) is 0 Å². The Labute approximate surface area is 90.1 Å². The molecule has 0 unspecified atom stereocenters. The van der Waals surface area contributed by atoms with E-state index in [-0.39, 0.29) is 0 Å². The van der Waals surface area contributed by atoms with Gasteiger partial charge in [-0.05, 0) is 19.3 Å². The molecule has 0 aliphatic rings. The van der Waals surface area contributed by atoms with E-state index in [4.69, 9.17) is 0 Å². The summed E-state index contributed by atoms with van der Waals surface area (Å²) in [6, 6.07) is 0. The van der Waals surface area contributed by atoms with Gasteiger partial charge in [-0.25, -0.2) is 0 Å². The molecule has 0 amide bonds.